The molecule has 0 aromatic rings. The molecule has 3 heteroatoms. The predicted octanol–water partition coefficient (Wildman–Crippen LogP) is 8.46. The molecule has 0 saturated heterocycles. The van der Waals surface area contributed by atoms with Crippen molar-refractivity contribution in [1.82, 2.24) is 0 Å². The first-order valence-corrected chi connectivity index (χ1v) is 13.0. The van der Waals surface area contributed by atoms with Gasteiger partial charge in [0.2, 0.25) is 0 Å². The second-order valence-corrected chi connectivity index (χ2v) is 8.74. The zero-order valence-corrected chi connectivity index (χ0v) is 22.9. The van der Waals surface area contributed by atoms with Crippen LogP contribution in [0.2, 0.25) is 0 Å². The molecule has 196 valence electrons. The van der Waals surface area contributed by atoms with Crippen LogP contribution in [0.4, 0.5) is 0 Å². The van der Waals surface area contributed by atoms with E-state index in [4.69, 9.17) is 14.6 Å². The van der Waals surface area contributed by atoms with Crippen LogP contribution in [0, 0.1) is 37.5 Å². The van der Waals surface area contributed by atoms with Gasteiger partial charge in [0.15, 0.2) is 0 Å². The lowest BCUT2D eigenvalue weighted by Crippen LogP contribution is -2.05. The molecule has 1 saturated carbocycles. The monoisotopic (exact) mass is 474 g/mol. The van der Waals surface area contributed by atoms with Crippen molar-refractivity contribution in [3.63, 3.8) is 0 Å². The molecule has 1 rings (SSSR count). The van der Waals surface area contributed by atoms with Crippen LogP contribution >= 0.6 is 0 Å². The molecule has 3 nitrogen and oxygen atoms in total. The molecular weight excluding hydrogens is 420 g/mol. The number of aliphatic hydroxyl groups is 1. The summed E-state index contributed by atoms with van der Waals surface area (Å²) in [7, 11) is 0. The molecule has 1 unspecified atom stereocenters. The van der Waals surface area contributed by atoms with E-state index in [2.05, 4.69) is 39.2 Å². The van der Waals surface area contributed by atoms with Crippen LogP contribution < -0.4 is 0 Å². The summed E-state index contributed by atoms with van der Waals surface area (Å²) in [5, 5.41) is 8.98. The van der Waals surface area contributed by atoms with E-state index in [1.165, 1.54) is 44.9 Å². The third-order valence-corrected chi connectivity index (χ3v) is 5.67. The van der Waals surface area contributed by atoms with Crippen LogP contribution in [0.15, 0.2) is 36.3 Å². The fourth-order valence-electron chi connectivity index (χ4n) is 3.82. The molecule has 34 heavy (non-hydrogen) atoms. The van der Waals surface area contributed by atoms with E-state index in [1.54, 1.807) is 0 Å². The molecule has 1 atom stereocenters. The summed E-state index contributed by atoms with van der Waals surface area (Å²) >= 11 is 0. The maximum Gasteiger partial charge on any atom is 0.114 e. The highest BCUT2D eigenvalue weighted by molar-refractivity contribution is 5.09. The van der Waals surface area contributed by atoms with Crippen LogP contribution in [-0.4, -0.2) is 24.4 Å². The van der Waals surface area contributed by atoms with Gasteiger partial charge >= 0.3 is 0 Å². The maximum atomic E-state index is 8.98. The number of hydrogen-bond donors (Lipinski definition) is 1. The summed E-state index contributed by atoms with van der Waals surface area (Å²) in [6.45, 7) is 15.2. The average molecular weight is 475 g/mol. The Hall–Kier alpha value is -2.10. The quantitative estimate of drug-likeness (QED) is 0.112. The molecule has 1 N–H and O–H groups in total. The molecule has 0 spiro atoms. The third-order valence-electron chi connectivity index (χ3n) is 5.67. The average Bonchev–Trinajstić information content (AvgIpc) is 3.37. The summed E-state index contributed by atoms with van der Waals surface area (Å²) < 4.78 is 11.1. The number of terminal acetylenes is 2. The largest absolute Gasteiger partial charge is 0.496 e. The molecular formula is C31H54O3. The first kappa shape index (κ1) is 36.5. The van der Waals surface area contributed by atoms with E-state index in [9.17, 15) is 0 Å². The number of aliphatic hydroxyl groups excluding tert-OH is 1. The Balaban J connectivity index is -0.000000496. The minimum absolute atomic E-state index is 0.224. The number of hydrogen-bond acceptors (Lipinski definition) is 3. The van der Waals surface area contributed by atoms with Crippen molar-refractivity contribution in [2.75, 3.05) is 13.2 Å². The van der Waals surface area contributed by atoms with Gasteiger partial charge in [0.05, 0.1) is 18.5 Å². The van der Waals surface area contributed by atoms with E-state index in [1.807, 2.05) is 45.9 Å². The molecule has 0 aromatic heterocycles. The Kier molecular flexibility index (Phi) is 31.0. The Labute approximate surface area is 213 Å². The lowest BCUT2D eigenvalue weighted by Gasteiger charge is -2.14. The van der Waals surface area contributed by atoms with E-state index >= 15 is 0 Å². The summed E-state index contributed by atoms with van der Waals surface area (Å²) in [6, 6.07) is 0. The van der Waals surface area contributed by atoms with E-state index in [-0.39, 0.29) is 6.10 Å². The van der Waals surface area contributed by atoms with Crippen molar-refractivity contribution >= 4 is 0 Å². The Bertz CT molecular complexity index is 523. The highest BCUT2D eigenvalue weighted by Crippen LogP contribution is 2.28. The van der Waals surface area contributed by atoms with Gasteiger partial charge in [-0.25, -0.2) is 0 Å². The molecule has 1 aliphatic carbocycles. The van der Waals surface area contributed by atoms with Crippen molar-refractivity contribution < 1.29 is 14.6 Å². The van der Waals surface area contributed by atoms with E-state index < -0.39 is 0 Å². The van der Waals surface area contributed by atoms with Gasteiger partial charge in [-0.15, -0.1) is 25.7 Å². The SMILES string of the molecule is C#C.C#C.C/C=C\C(=C/C)OCCCCC1CCCC1.C=C(CCCC(CC)CO)OC(C)C. The molecule has 0 radical (unpaired) electrons. The van der Waals surface area contributed by atoms with Crippen molar-refractivity contribution in [1.29, 1.82) is 0 Å². The zero-order valence-electron chi connectivity index (χ0n) is 22.9. The predicted molar refractivity (Wildman–Crippen MR) is 150 cm³/mol. The number of allylic oxidation sites excluding steroid dienone is 4. The molecule has 0 heterocycles. The first-order chi connectivity index (χ1) is 16.5. The van der Waals surface area contributed by atoms with Crippen LogP contribution in [0.1, 0.15) is 105 Å². The molecule has 0 aliphatic heterocycles. The van der Waals surface area contributed by atoms with Crippen molar-refractivity contribution in [3.8, 4) is 25.7 Å². The van der Waals surface area contributed by atoms with Crippen molar-refractivity contribution in [3.05, 3.63) is 36.3 Å². The standard InChI is InChI=1S/C15H26O.C12H24O2.2C2H2/c1-3-9-15(4-2)16-13-8-7-12-14-10-5-6-11-14;1-5-12(9-13)8-6-7-11(4)14-10(2)3;2*1-2/h3-4,9,14H,5-8,10-13H2,1-2H3;10,12-13H,4-9H2,1-3H3;2*1-2H/b9-3-,15-4+;;;. The Morgan fingerprint density at radius 2 is 1.68 bits per heavy atom. The smallest absolute Gasteiger partial charge is 0.114 e. The number of unbranched alkanes of at least 4 members (excludes halogenated alkanes) is 1. The van der Waals surface area contributed by atoms with E-state index in [0.29, 0.717) is 12.5 Å². The fourth-order valence-corrected chi connectivity index (χ4v) is 3.82. The molecule has 1 fully saturated rings. The topological polar surface area (TPSA) is 38.7 Å². The molecule has 0 bridgehead atoms. The van der Waals surface area contributed by atoms with Crippen LogP contribution in [0.5, 0.6) is 0 Å². The van der Waals surface area contributed by atoms with Gasteiger partial charge in [-0.05, 0) is 77.4 Å². The lowest BCUT2D eigenvalue weighted by atomic mass is 10.00. The highest BCUT2D eigenvalue weighted by atomic mass is 16.5. The Morgan fingerprint density at radius 3 is 2.15 bits per heavy atom. The van der Waals surface area contributed by atoms with Gasteiger partial charge in [-0.1, -0.05) is 58.1 Å². The van der Waals surface area contributed by atoms with Gasteiger partial charge in [-0.2, -0.15) is 0 Å². The molecule has 1 aliphatic rings. The Morgan fingerprint density at radius 1 is 1.06 bits per heavy atom. The second-order valence-electron chi connectivity index (χ2n) is 8.74. The zero-order chi connectivity index (χ0) is 26.6. The fraction of sp³-hybridized carbons (Fsp3) is 0.677. The van der Waals surface area contributed by atoms with Gasteiger partial charge in [-0.3, -0.25) is 0 Å². The van der Waals surface area contributed by atoms with Gasteiger partial charge < -0.3 is 14.6 Å². The number of ether oxygens (including phenoxy) is 2. The van der Waals surface area contributed by atoms with Gasteiger partial charge in [0.1, 0.15) is 5.76 Å². The third kappa shape index (κ3) is 24.5. The summed E-state index contributed by atoms with van der Waals surface area (Å²) in [6.07, 6.45) is 36.2. The highest BCUT2D eigenvalue weighted by Gasteiger charge is 2.13. The van der Waals surface area contributed by atoms with Crippen LogP contribution in [-0.2, 0) is 9.47 Å². The van der Waals surface area contributed by atoms with Gasteiger partial charge in [0.25, 0.3) is 0 Å². The summed E-state index contributed by atoms with van der Waals surface area (Å²) in [5.41, 5.74) is 0. The minimum Gasteiger partial charge on any atom is -0.496 e. The second kappa shape index (κ2) is 28.9. The van der Waals surface area contributed by atoms with Crippen molar-refractivity contribution in [2.24, 2.45) is 11.8 Å². The maximum absolute atomic E-state index is 8.98. The molecule has 0 amide bonds. The van der Waals surface area contributed by atoms with Crippen LogP contribution in [0.3, 0.4) is 0 Å². The summed E-state index contributed by atoms with van der Waals surface area (Å²) in [5.74, 6) is 3.34. The summed E-state index contributed by atoms with van der Waals surface area (Å²) in [4.78, 5) is 0. The minimum atomic E-state index is 0.224. The van der Waals surface area contributed by atoms with Gasteiger partial charge in [0, 0.05) is 13.0 Å². The number of rotatable bonds is 15. The van der Waals surface area contributed by atoms with Crippen molar-refractivity contribution in [2.45, 2.75) is 111 Å². The first-order valence-electron chi connectivity index (χ1n) is 13.0. The van der Waals surface area contributed by atoms with Crippen LogP contribution in [0.25, 0.3) is 0 Å². The normalized spacial score (nSPS) is 14.1. The lowest BCUT2D eigenvalue weighted by molar-refractivity contribution is 0.137. The molecule has 0 aromatic carbocycles. The van der Waals surface area contributed by atoms with E-state index in [0.717, 1.165) is 49.7 Å².